The zero-order valence-corrected chi connectivity index (χ0v) is 14.9. The van der Waals surface area contributed by atoms with Crippen molar-refractivity contribution in [1.29, 1.82) is 0 Å². The van der Waals surface area contributed by atoms with Gasteiger partial charge in [-0.3, -0.25) is 14.9 Å². The first-order chi connectivity index (χ1) is 10.9. The molecule has 0 aliphatic heterocycles. The summed E-state index contributed by atoms with van der Waals surface area (Å²) in [6, 6.07) is 4.60. The number of thiazole rings is 1. The summed E-state index contributed by atoms with van der Waals surface area (Å²) in [5, 5.41) is 8.01. The molecule has 0 saturated heterocycles. The van der Waals surface area contributed by atoms with E-state index in [1.807, 2.05) is 13.8 Å². The summed E-state index contributed by atoms with van der Waals surface area (Å²) in [6.07, 6.45) is 0. The molecule has 0 saturated carbocycles. The summed E-state index contributed by atoms with van der Waals surface area (Å²) in [5.74, 6) is -0.320. The fraction of sp³-hybridized carbons (Fsp3) is 0.267. The predicted octanol–water partition coefficient (Wildman–Crippen LogP) is 4.09. The third-order valence-corrected chi connectivity index (χ3v) is 4.11. The van der Waals surface area contributed by atoms with Gasteiger partial charge in [-0.05, 0) is 24.1 Å². The summed E-state index contributed by atoms with van der Waals surface area (Å²) in [5.41, 5.74) is 0.560. The summed E-state index contributed by atoms with van der Waals surface area (Å²) in [4.78, 5) is 28.2. The monoisotopic (exact) mass is 371 g/mol. The molecule has 2 N–H and O–H groups in total. The van der Waals surface area contributed by atoms with Gasteiger partial charge >= 0.3 is 0 Å². The molecule has 0 fully saturated rings. The SMILES string of the molecule is CC(C)CNC(=O)c1csc(NC(=O)c2ccc(Cl)cc2Cl)n1. The predicted molar refractivity (Wildman–Crippen MR) is 93.7 cm³/mol. The largest absolute Gasteiger partial charge is 0.350 e. The molecule has 1 heterocycles. The fourth-order valence-corrected chi connectivity index (χ4v) is 2.84. The Morgan fingerprint density at radius 2 is 2.00 bits per heavy atom. The second-order valence-electron chi connectivity index (χ2n) is 5.22. The minimum atomic E-state index is -0.407. The third-order valence-electron chi connectivity index (χ3n) is 2.80. The minimum absolute atomic E-state index is 0.251. The van der Waals surface area contributed by atoms with Gasteiger partial charge in [0.1, 0.15) is 5.69 Å². The van der Waals surface area contributed by atoms with Crippen molar-refractivity contribution in [3.63, 3.8) is 0 Å². The van der Waals surface area contributed by atoms with Gasteiger partial charge in [0.05, 0.1) is 10.6 Å². The number of amides is 2. The molecule has 2 amide bonds. The van der Waals surface area contributed by atoms with Crippen molar-refractivity contribution in [2.45, 2.75) is 13.8 Å². The molecule has 0 spiro atoms. The standard InChI is InChI=1S/C15H15Cl2N3O2S/c1-8(2)6-18-14(22)12-7-23-15(19-12)20-13(21)10-4-3-9(16)5-11(10)17/h3-5,7-8H,6H2,1-2H3,(H,18,22)(H,19,20,21). The van der Waals surface area contributed by atoms with Crippen LogP contribution in [-0.4, -0.2) is 23.3 Å². The zero-order chi connectivity index (χ0) is 17.0. The molecule has 8 heteroatoms. The van der Waals surface area contributed by atoms with Crippen molar-refractivity contribution in [2.24, 2.45) is 5.92 Å². The summed E-state index contributed by atoms with van der Waals surface area (Å²) in [6.45, 7) is 4.57. The Bertz CT molecular complexity index is 731. The molecule has 5 nitrogen and oxygen atoms in total. The summed E-state index contributed by atoms with van der Waals surface area (Å²) in [7, 11) is 0. The molecular weight excluding hydrogens is 357 g/mol. The lowest BCUT2D eigenvalue weighted by Gasteiger charge is -2.05. The molecule has 0 bridgehead atoms. The van der Waals surface area contributed by atoms with Crippen LogP contribution in [0.3, 0.4) is 0 Å². The maximum atomic E-state index is 12.2. The number of carbonyl (C=O) groups excluding carboxylic acids is 2. The Morgan fingerprint density at radius 1 is 1.26 bits per heavy atom. The second-order valence-corrected chi connectivity index (χ2v) is 6.92. The van der Waals surface area contributed by atoms with E-state index in [2.05, 4.69) is 15.6 Å². The topological polar surface area (TPSA) is 71.1 Å². The molecule has 2 aromatic rings. The Morgan fingerprint density at radius 3 is 2.65 bits per heavy atom. The van der Waals surface area contributed by atoms with E-state index in [4.69, 9.17) is 23.2 Å². The van der Waals surface area contributed by atoms with Crippen LogP contribution in [0.1, 0.15) is 34.7 Å². The van der Waals surface area contributed by atoms with E-state index < -0.39 is 5.91 Å². The normalized spacial score (nSPS) is 10.7. The van der Waals surface area contributed by atoms with Gasteiger partial charge in [-0.1, -0.05) is 37.0 Å². The lowest BCUT2D eigenvalue weighted by atomic mass is 10.2. The van der Waals surface area contributed by atoms with E-state index >= 15 is 0 Å². The van der Waals surface area contributed by atoms with E-state index in [1.54, 1.807) is 11.4 Å². The van der Waals surface area contributed by atoms with Gasteiger partial charge in [-0.25, -0.2) is 4.98 Å². The van der Waals surface area contributed by atoms with Crippen LogP contribution in [0.15, 0.2) is 23.6 Å². The van der Waals surface area contributed by atoms with Crippen LogP contribution in [0, 0.1) is 5.92 Å². The number of hydrogen-bond donors (Lipinski definition) is 2. The Balaban J connectivity index is 2.03. The quantitative estimate of drug-likeness (QED) is 0.831. The highest BCUT2D eigenvalue weighted by Crippen LogP contribution is 2.23. The van der Waals surface area contributed by atoms with Gasteiger partial charge in [-0.15, -0.1) is 11.3 Å². The van der Waals surface area contributed by atoms with Crippen LogP contribution in [0.5, 0.6) is 0 Å². The average Bonchev–Trinajstić information content (AvgIpc) is 2.93. The third kappa shape index (κ3) is 4.92. The van der Waals surface area contributed by atoms with Crippen LogP contribution in [0.2, 0.25) is 10.0 Å². The van der Waals surface area contributed by atoms with Crippen LogP contribution >= 0.6 is 34.5 Å². The van der Waals surface area contributed by atoms with Crippen LogP contribution in [-0.2, 0) is 0 Å². The highest BCUT2D eigenvalue weighted by Gasteiger charge is 2.15. The molecule has 0 radical (unpaired) electrons. The summed E-state index contributed by atoms with van der Waals surface area (Å²) >= 11 is 13.0. The van der Waals surface area contributed by atoms with Crippen molar-refractivity contribution < 1.29 is 9.59 Å². The van der Waals surface area contributed by atoms with Gasteiger partial charge < -0.3 is 5.32 Å². The number of anilines is 1. The Kier molecular flexibility index (Phi) is 5.98. The highest BCUT2D eigenvalue weighted by molar-refractivity contribution is 7.14. The van der Waals surface area contributed by atoms with E-state index in [0.29, 0.717) is 22.6 Å². The molecular formula is C15H15Cl2N3O2S. The van der Waals surface area contributed by atoms with Crippen molar-refractivity contribution in [1.82, 2.24) is 10.3 Å². The summed E-state index contributed by atoms with van der Waals surface area (Å²) < 4.78 is 0. The maximum Gasteiger partial charge on any atom is 0.270 e. The molecule has 23 heavy (non-hydrogen) atoms. The smallest absolute Gasteiger partial charge is 0.270 e. The van der Waals surface area contributed by atoms with Crippen molar-refractivity contribution in [2.75, 3.05) is 11.9 Å². The number of carbonyl (C=O) groups is 2. The number of benzene rings is 1. The van der Waals surface area contributed by atoms with Crippen LogP contribution in [0.25, 0.3) is 0 Å². The molecule has 0 aliphatic carbocycles. The van der Waals surface area contributed by atoms with Gasteiger partial charge in [0.2, 0.25) is 0 Å². The molecule has 1 aromatic heterocycles. The Hall–Kier alpha value is -1.63. The molecule has 1 aromatic carbocycles. The number of aromatic nitrogens is 1. The lowest BCUT2D eigenvalue weighted by Crippen LogP contribution is -2.27. The van der Waals surface area contributed by atoms with Crippen LogP contribution < -0.4 is 10.6 Å². The van der Waals surface area contributed by atoms with E-state index in [1.165, 1.54) is 23.5 Å². The van der Waals surface area contributed by atoms with E-state index in [0.717, 1.165) is 0 Å². The highest BCUT2D eigenvalue weighted by atomic mass is 35.5. The lowest BCUT2D eigenvalue weighted by molar-refractivity contribution is 0.0943. The molecule has 0 unspecified atom stereocenters. The fourth-order valence-electron chi connectivity index (χ4n) is 1.66. The van der Waals surface area contributed by atoms with Crippen molar-refractivity contribution in [3.8, 4) is 0 Å². The van der Waals surface area contributed by atoms with Gasteiger partial charge in [0.25, 0.3) is 11.8 Å². The maximum absolute atomic E-state index is 12.2. The van der Waals surface area contributed by atoms with E-state index in [9.17, 15) is 9.59 Å². The number of rotatable bonds is 5. The molecule has 2 rings (SSSR count). The van der Waals surface area contributed by atoms with Gasteiger partial charge in [0.15, 0.2) is 5.13 Å². The first-order valence-corrected chi connectivity index (χ1v) is 8.50. The first-order valence-electron chi connectivity index (χ1n) is 6.87. The van der Waals surface area contributed by atoms with Gasteiger partial charge in [0, 0.05) is 16.9 Å². The molecule has 122 valence electrons. The van der Waals surface area contributed by atoms with Crippen molar-refractivity contribution >= 4 is 51.5 Å². The number of nitrogens with one attached hydrogen (secondary N) is 2. The van der Waals surface area contributed by atoms with Crippen molar-refractivity contribution in [3.05, 3.63) is 44.9 Å². The van der Waals surface area contributed by atoms with Gasteiger partial charge in [-0.2, -0.15) is 0 Å². The number of nitrogens with zero attached hydrogens (tertiary/aromatic N) is 1. The molecule has 0 aliphatic rings. The number of halogens is 2. The van der Waals surface area contributed by atoms with Crippen LogP contribution in [0.4, 0.5) is 5.13 Å². The minimum Gasteiger partial charge on any atom is -0.350 e. The molecule has 0 atom stereocenters. The zero-order valence-electron chi connectivity index (χ0n) is 12.5. The second kappa shape index (κ2) is 7.77. The van der Waals surface area contributed by atoms with E-state index in [-0.39, 0.29) is 22.2 Å². The first kappa shape index (κ1) is 17.7. The Labute approximate surface area is 148 Å². The number of hydrogen-bond acceptors (Lipinski definition) is 4. The average molecular weight is 372 g/mol.